The Bertz CT molecular complexity index is 2880. The first-order valence-corrected chi connectivity index (χ1v) is 30.5. The maximum atomic E-state index is 13.9. The first-order valence-electron chi connectivity index (χ1n) is 30.5. The summed E-state index contributed by atoms with van der Waals surface area (Å²) in [5.41, 5.74) is 5.55. The molecule has 2 N–H and O–H groups in total. The molecular formula is C63H83N9O10. The number of nitrogens with zero attached hydrogens (tertiary/aromatic N) is 7. The van der Waals surface area contributed by atoms with Crippen LogP contribution in [-0.2, 0) is 39.9 Å². The second-order valence-electron chi connectivity index (χ2n) is 24.0. The number of rotatable bonds is 21. The Morgan fingerprint density at radius 3 is 2.23 bits per heavy atom. The van der Waals surface area contributed by atoms with Gasteiger partial charge in [-0.15, -0.1) is 0 Å². The average Bonchev–Trinajstić information content (AvgIpc) is 3.50. The normalized spacial score (nSPS) is 25.8. The van der Waals surface area contributed by atoms with E-state index in [1.807, 2.05) is 64.1 Å². The maximum Gasteiger partial charge on any atom is 0.410 e. The summed E-state index contributed by atoms with van der Waals surface area (Å²) in [6.07, 6.45) is 16.2. The molecular weight excluding hydrogens is 1040 g/mol. The van der Waals surface area contributed by atoms with Gasteiger partial charge in [-0.25, -0.2) is 4.79 Å². The second-order valence-corrected chi connectivity index (χ2v) is 24.0. The molecule has 19 nitrogen and oxygen atoms in total. The summed E-state index contributed by atoms with van der Waals surface area (Å²) in [7, 11) is 3.31. The molecule has 4 aromatic rings. The molecule has 440 valence electrons. The van der Waals surface area contributed by atoms with Crippen LogP contribution in [-0.4, -0.2) is 161 Å². The van der Waals surface area contributed by atoms with E-state index in [2.05, 4.69) is 26.6 Å². The molecule has 4 aliphatic heterocycles. The van der Waals surface area contributed by atoms with Gasteiger partial charge in [0.15, 0.2) is 0 Å². The zero-order valence-corrected chi connectivity index (χ0v) is 48.1. The third kappa shape index (κ3) is 13.6. The van der Waals surface area contributed by atoms with Crippen molar-refractivity contribution < 1.29 is 47.7 Å². The number of fused-ring (bicyclic) bond motifs is 1. The Kier molecular flexibility index (Phi) is 18.5. The number of hydrogen-bond acceptors (Lipinski definition) is 14. The number of pyridine rings is 3. The molecule has 5 amide bonds. The number of methoxy groups -OCH3 is 2. The van der Waals surface area contributed by atoms with Gasteiger partial charge in [0.25, 0.3) is 0 Å². The molecule has 7 aliphatic rings. The van der Waals surface area contributed by atoms with Crippen molar-refractivity contribution in [3.05, 3.63) is 89.1 Å². The molecule has 3 aliphatic carbocycles. The minimum Gasteiger partial charge on any atom is -0.497 e. The van der Waals surface area contributed by atoms with Crippen LogP contribution < -0.4 is 20.1 Å². The van der Waals surface area contributed by atoms with Gasteiger partial charge in [-0.05, 0) is 151 Å². The van der Waals surface area contributed by atoms with Crippen molar-refractivity contribution in [2.75, 3.05) is 66.7 Å². The number of carbonyl (C=O) groups excluding carboxylic acids is 5. The molecule has 7 heterocycles. The lowest BCUT2D eigenvalue weighted by molar-refractivity contribution is -0.138. The number of benzene rings is 1. The zero-order valence-electron chi connectivity index (χ0n) is 48.1. The van der Waals surface area contributed by atoms with Crippen molar-refractivity contribution in [1.82, 2.24) is 45.2 Å². The molecule has 3 aromatic heterocycles. The molecule has 11 rings (SSSR count). The molecule has 19 heteroatoms. The Hall–Kier alpha value is -6.44. The molecule has 0 unspecified atom stereocenters. The fraction of sp³-hybridized carbons (Fsp3) is 0.619. The Balaban J connectivity index is 0.567. The number of carbonyl (C=O) groups is 5. The number of aromatic nitrogens is 3. The number of likely N-dealkylation sites (tertiary alicyclic amines) is 3. The Morgan fingerprint density at radius 1 is 0.780 bits per heavy atom. The van der Waals surface area contributed by atoms with Crippen molar-refractivity contribution in [2.45, 2.75) is 171 Å². The van der Waals surface area contributed by atoms with Crippen LogP contribution >= 0.6 is 0 Å². The van der Waals surface area contributed by atoms with Crippen LogP contribution in [0.2, 0.25) is 0 Å². The SMILES string of the molecule is COc1ccc2nc(C3CCN(C(=O)C4CCC(NC(=O)CCCOC5CCC(OCCNC(=O)[C@H]6CC(=O)N(C7CC7)[C@@H]6c6cccnc6)CC5)CC4)CC3)cc([C@H]3CN(C4CCN(Cc5ccc(OC)c(C)n5)CC4)C(=O)O3)c2c1. The van der Waals surface area contributed by atoms with Crippen LogP contribution in [0.25, 0.3) is 10.9 Å². The van der Waals surface area contributed by atoms with Gasteiger partial charge in [0, 0.05) is 118 Å². The van der Waals surface area contributed by atoms with E-state index in [9.17, 15) is 24.0 Å². The van der Waals surface area contributed by atoms with Crippen LogP contribution in [0, 0.1) is 18.8 Å². The van der Waals surface area contributed by atoms with Gasteiger partial charge >= 0.3 is 6.09 Å². The van der Waals surface area contributed by atoms with Crippen molar-refractivity contribution in [1.29, 1.82) is 0 Å². The van der Waals surface area contributed by atoms with Crippen molar-refractivity contribution in [3.8, 4) is 11.5 Å². The standard InChI is InChI=1S/C63H83N9O10/c1-40-56(79-3)21-12-45(66-40)38-69-28-24-46(25-29-69)71-39-57(82-63(71)77)52-35-55(68-54-20-19-50(78-2)34-51(52)54)41-22-30-70(31-23-41)62(76)42-8-10-44(11-9-42)67-58(73)7-5-32-80-48-15-17-49(18-16-48)81-33-27-65-61(75)53-36-59(74)72(47-13-14-47)60(53)43-6-4-26-64-37-43/h4,6,12,19-21,26,34-35,37,41-42,44,46-49,53,57,60H,5,7-11,13-18,22-25,27-33,36,38-39H2,1-3H3,(H,65,75)(H,67,73)/t42?,44?,48?,49?,53-,57+,60+/m0/s1. The van der Waals surface area contributed by atoms with Crippen molar-refractivity contribution >= 4 is 40.6 Å². The third-order valence-electron chi connectivity index (χ3n) is 18.6. The molecule has 3 saturated carbocycles. The lowest BCUT2D eigenvalue weighted by Crippen LogP contribution is -2.45. The van der Waals surface area contributed by atoms with Crippen LogP contribution in [0.1, 0.15) is 155 Å². The van der Waals surface area contributed by atoms with E-state index in [1.165, 1.54) is 0 Å². The highest BCUT2D eigenvalue weighted by Crippen LogP contribution is 2.45. The molecule has 4 saturated heterocycles. The number of cyclic esters (lactones) is 1. The van der Waals surface area contributed by atoms with E-state index in [1.54, 1.807) is 26.6 Å². The highest BCUT2D eigenvalue weighted by molar-refractivity contribution is 5.91. The maximum absolute atomic E-state index is 13.9. The Labute approximate surface area is 481 Å². The summed E-state index contributed by atoms with van der Waals surface area (Å²) in [6, 6.07) is 16.0. The quantitative estimate of drug-likeness (QED) is 0.0762. The van der Waals surface area contributed by atoms with Crippen molar-refractivity contribution in [2.24, 2.45) is 11.8 Å². The van der Waals surface area contributed by atoms with Crippen LogP contribution in [0.5, 0.6) is 11.5 Å². The first kappa shape index (κ1) is 57.4. The molecule has 1 aromatic carbocycles. The molecule has 0 spiro atoms. The predicted molar refractivity (Wildman–Crippen MR) is 306 cm³/mol. The van der Waals surface area contributed by atoms with E-state index >= 15 is 0 Å². The second kappa shape index (κ2) is 26.4. The molecule has 0 radical (unpaired) electrons. The number of piperidine rings is 2. The van der Waals surface area contributed by atoms with Gasteiger partial charge in [-0.2, -0.15) is 0 Å². The van der Waals surface area contributed by atoms with Gasteiger partial charge in [-0.3, -0.25) is 39.0 Å². The van der Waals surface area contributed by atoms with E-state index in [0.717, 1.165) is 160 Å². The van der Waals surface area contributed by atoms with Crippen LogP contribution in [0.4, 0.5) is 4.79 Å². The number of nitrogens with one attached hydrogen (secondary N) is 2. The zero-order chi connectivity index (χ0) is 56.7. The van der Waals surface area contributed by atoms with Gasteiger partial charge in [0.1, 0.15) is 17.6 Å². The van der Waals surface area contributed by atoms with Crippen molar-refractivity contribution in [3.63, 3.8) is 0 Å². The third-order valence-corrected chi connectivity index (χ3v) is 18.6. The van der Waals surface area contributed by atoms with E-state index in [-0.39, 0.29) is 84.4 Å². The minimum atomic E-state index is -0.445. The van der Waals surface area contributed by atoms with Crippen LogP contribution in [0.15, 0.2) is 60.9 Å². The minimum absolute atomic E-state index is 0.0380. The number of hydrogen-bond donors (Lipinski definition) is 2. The van der Waals surface area contributed by atoms with Gasteiger partial charge in [0.05, 0.1) is 68.4 Å². The molecule has 82 heavy (non-hydrogen) atoms. The molecule has 0 bridgehead atoms. The first-order chi connectivity index (χ1) is 40.0. The van der Waals surface area contributed by atoms with E-state index in [0.29, 0.717) is 52.2 Å². The smallest absolute Gasteiger partial charge is 0.410 e. The van der Waals surface area contributed by atoms with E-state index in [4.69, 9.17) is 33.7 Å². The summed E-state index contributed by atoms with van der Waals surface area (Å²) >= 11 is 0. The summed E-state index contributed by atoms with van der Waals surface area (Å²) in [6.45, 7) is 7.59. The monoisotopic (exact) mass is 1130 g/mol. The summed E-state index contributed by atoms with van der Waals surface area (Å²) < 4.78 is 29.6. The van der Waals surface area contributed by atoms with Crippen LogP contribution in [0.3, 0.4) is 0 Å². The topological polar surface area (TPSA) is 207 Å². The van der Waals surface area contributed by atoms with E-state index < -0.39 is 12.0 Å². The summed E-state index contributed by atoms with van der Waals surface area (Å²) in [5, 5.41) is 7.20. The fourth-order valence-electron chi connectivity index (χ4n) is 13.9. The highest BCUT2D eigenvalue weighted by atomic mass is 16.6. The Morgan fingerprint density at radius 2 is 1.54 bits per heavy atom. The largest absolute Gasteiger partial charge is 0.497 e. The molecule has 3 atom stereocenters. The summed E-state index contributed by atoms with van der Waals surface area (Å²) in [5.74, 6) is 1.37. The number of aryl methyl sites for hydroxylation is 1. The number of amides is 5. The van der Waals surface area contributed by atoms with Gasteiger partial charge in [-0.1, -0.05) is 6.07 Å². The summed E-state index contributed by atoms with van der Waals surface area (Å²) in [4.78, 5) is 89.3. The lowest BCUT2D eigenvalue weighted by Gasteiger charge is -2.36. The lowest BCUT2D eigenvalue weighted by atomic mass is 9.84. The fourth-order valence-corrected chi connectivity index (χ4v) is 13.9. The highest BCUT2D eigenvalue weighted by Gasteiger charge is 2.50. The average molecular weight is 1130 g/mol. The number of ether oxygens (including phenoxy) is 5. The predicted octanol–water partition coefficient (Wildman–Crippen LogP) is 7.88. The molecule has 7 fully saturated rings. The van der Waals surface area contributed by atoms with Gasteiger partial charge < -0.3 is 49.0 Å². The van der Waals surface area contributed by atoms with Gasteiger partial charge in [0.2, 0.25) is 23.6 Å².